The van der Waals surface area contributed by atoms with E-state index in [9.17, 15) is 18.8 Å². The van der Waals surface area contributed by atoms with E-state index in [2.05, 4.69) is 0 Å². The quantitative estimate of drug-likeness (QED) is 0.382. The fourth-order valence-corrected chi connectivity index (χ4v) is 5.28. The zero-order valence-electron chi connectivity index (χ0n) is 20.0. The Labute approximate surface area is 213 Å². The molecule has 0 aliphatic carbocycles. The summed E-state index contributed by atoms with van der Waals surface area (Å²) in [6, 6.07) is 9.86. The number of ether oxygens (including phenoxy) is 1. The monoisotopic (exact) mass is 511 g/mol. The highest BCUT2D eigenvalue weighted by Gasteiger charge is 2.30. The predicted molar refractivity (Wildman–Crippen MR) is 134 cm³/mol. The molecule has 0 bridgehead atoms. The van der Waals surface area contributed by atoms with E-state index in [1.807, 2.05) is 12.1 Å². The molecule has 2 amide bonds. The van der Waals surface area contributed by atoms with Gasteiger partial charge in [0.1, 0.15) is 12.5 Å². The first-order chi connectivity index (χ1) is 17.3. The van der Waals surface area contributed by atoms with Gasteiger partial charge in [-0.05, 0) is 55.0 Å². The van der Waals surface area contributed by atoms with Crippen molar-refractivity contribution < 1.29 is 23.5 Å². The first kappa shape index (κ1) is 24.5. The number of fused-ring (bicyclic) bond motifs is 1. The van der Waals surface area contributed by atoms with E-state index in [-0.39, 0.29) is 24.0 Å². The molecule has 188 valence electrons. The number of aryl methyl sites for hydroxylation is 1. The van der Waals surface area contributed by atoms with Crippen molar-refractivity contribution in [2.24, 2.45) is 13.0 Å². The fourth-order valence-electron chi connectivity index (χ4n) is 5.05. The molecule has 2 aromatic carbocycles. The normalized spacial score (nSPS) is 16.6. The minimum Gasteiger partial charge on any atom is -0.359 e. The van der Waals surface area contributed by atoms with E-state index < -0.39 is 11.7 Å². The number of rotatable bonds is 5. The molecule has 7 nitrogen and oxygen atoms in total. The molecule has 9 heteroatoms. The summed E-state index contributed by atoms with van der Waals surface area (Å²) < 4.78 is 20.1. The number of hydrogen-bond acceptors (Lipinski definition) is 4. The maximum Gasteiger partial charge on any atom is 0.296 e. The number of aromatic nitrogens is 1. The molecule has 2 fully saturated rings. The zero-order chi connectivity index (χ0) is 25.4. The Hall–Kier alpha value is -3.23. The van der Waals surface area contributed by atoms with Gasteiger partial charge in [-0.2, -0.15) is 0 Å². The molecule has 2 aliphatic heterocycles. The van der Waals surface area contributed by atoms with E-state index in [0.29, 0.717) is 53.6 Å². The third-order valence-corrected chi connectivity index (χ3v) is 7.44. The van der Waals surface area contributed by atoms with Crippen LogP contribution in [-0.2, 0) is 23.0 Å². The number of carbonyl (C=O) groups is 3. The van der Waals surface area contributed by atoms with Crippen LogP contribution in [0.2, 0.25) is 5.02 Å². The van der Waals surface area contributed by atoms with Gasteiger partial charge in [0.15, 0.2) is 0 Å². The number of nitrogens with zero attached hydrogens (tertiary/aromatic N) is 3. The van der Waals surface area contributed by atoms with Crippen LogP contribution in [0.4, 0.5) is 4.39 Å². The molecule has 0 spiro atoms. The number of benzene rings is 2. The van der Waals surface area contributed by atoms with Crippen LogP contribution in [0.5, 0.6) is 0 Å². The Kier molecular flexibility index (Phi) is 6.81. The van der Waals surface area contributed by atoms with Crippen LogP contribution in [0.1, 0.15) is 39.1 Å². The van der Waals surface area contributed by atoms with E-state index in [1.165, 1.54) is 17.0 Å². The third-order valence-electron chi connectivity index (χ3n) is 7.13. The molecule has 2 saturated heterocycles. The average Bonchev–Trinajstić information content (AvgIpc) is 3.53. The lowest BCUT2D eigenvalue weighted by molar-refractivity contribution is -0.126. The van der Waals surface area contributed by atoms with Gasteiger partial charge in [0, 0.05) is 38.3 Å². The summed E-state index contributed by atoms with van der Waals surface area (Å²) in [5.74, 6) is -1.27. The summed E-state index contributed by atoms with van der Waals surface area (Å²) in [6.07, 6.45) is 4.13. The van der Waals surface area contributed by atoms with Crippen LogP contribution in [0.25, 0.3) is 10.9 Å². The van der Waals surface area contributed by atoms with Gasteiger partial charge in [0.25, 0.3) is 17.6 Å². The SMILES string of the molecule is Cn1cc(C(=O)C(=O)N2CCOC2)c2cc(C(=O)N3CCC(Cc4ccc(F)cc4)CC3)c(Cl)cc21. The van der Waals surface area contributed by atoms with Gasteiger partial charge in [-0.1, -0.05) is 23.7 Å². The molecule has 2 aliphatic rings. The topological polar surface area (TPSA) is 71.9 Å². The number of hydrogen-bond donors (Lipinski definition) is 0. The van der Waals surface area contributed by atoms with E-state index in [1.54, 1.807) is 34.8 Å². The Morgan fingerprint density at radius 2 is 1.75 bits per heavy atom. The van der Waals surface area contributed by atoms with Gasteiger partial charge in [-0.25, -0.2) is 4.39 Å². The summed E-state index contributed by atoms with van der Waals surface area (Å²) in [7, 11) is 1.77. The van der Waals surface area contributed by atoms with Crippen LogP contribution in [0.15, 0.2) is 42.6 Å². The second kappa shape index (κ2) is 10.0. The predicted octanol–water partition coefficient (Wildman–Crippen LogP) is 4.06. The standard InChI is InChI=1S/C27H27ClFN3O4/c1-30-15-22(25(33)27(35)32-10-11-36-16-32)20-13-21(23(28)14-24(20)30)26(34)31-8-6-18(7-9-31)12-17-2-4-19(29)5-3-17/h2-5,13-15,18H,6-12,16H2,1H3. The molecule has 0 radical (unpaired) electrons. The highest BCUT2D eigenvalue weighted by atomic mass is 35.5. The van der Waals surface area contributed by atoms with Crippen molar-refractivity contribution in [1.29, 1.82) is 0 Å². The summed E-state index contributed by atoms with van der Waals surface area (Å²) in [4.78, 5) is 42.3. The van der Waals surface area contributed by atoms with Gasteiger partial charge in [-0.3, -0.25) is 14.4 Å². The highest BCUT2D eigenvalue weighted by Crippen LogP contribution is 2.31. The lowest BCUT2D eigenvalue weighted by Gasteiger charge is -2.32. The number of amides is 2. The third kappa shape index (κ3) is 4.75. The zero-order valence-corrected chi connectivity index (χ0v) is 20.8. The lowest BCUT2D eigenvalue weighted by atomic mass is 9.90. The first-order valence-corrected chi connectivity index (χ1v) is 12.4. The highest BCUT2D eigenvalue weighted by molar-refractivity contribution is 6.45. The maximum atomic E-state index is 13.4. The number of likely N-dealkylation sites (tertiary alicyclic amines) is 1. The Balaban J connectivity index is 1.33. The van der Waals surface area contributed by atoms with E-state index >= 15 is 0 Å². The molecule has 5 rings (SSSR count). The number of halogens is 2. The number of ketones is 1. The smallest absolute Gasteiger partial charge is 0.296 e. The number of Topliss-reactive ketones (excluding diaryl/α,β-unsaturated/α-hetero) is 1. The van der Waals surface area contributed by atoms with Crippen LogP contribution < -0.4 is 0 Å². The number of piperidine rings is 1. The lowest BCUT2D eigenvalue weighted by Crippen LogP contribution is -2.39. The summed E-state index contributed by atoms with van der Waals surface area (Å²) in [5.41, 5.74) is 2.32. The Bertz CT molecular complexity index is 1320. The van der Waals surface area contributed by atoms with Crippen molar-refractivity contribution in [3.8, 4) is 0 Å². The molecule has 1 aromatic heterocycles. The molecule has 0 N–H and O–H groups in total. The van der Waals surface area contributed by atoms with Gasteiger partial charge < -0.3 is 19.1 Å². The van der Waals surface area contributed by atoms with Gasteiger partial charge in [-0.15, -0.1) is 0 Å². The molecule has 3 aromatic rings. The molecular formula is C27H27ClFN3O4. The van der Waals surface area contributed by atoms with Crippen molar-refractivity contribution in [3.05, 3.63) is 70.1 Å². The maximum absolute atomic E-state index is 13.4. The minimum absolute atomic E-state index is 0.0992. The van der Waals surface area contributed by atoms with E-state index in [0.717, 1.165) is 24.8 Å². The molecule has 3 heterocycles. The van der Waals surface area contributed by atoms with Crippen molar-refractivity contribution >= 4 is 40.1 Å². The van der Waals surface area contributed by atoms with Gasteiger partial charge >= 0.3 is 0 Å². The molecule has 36 heavy (non-hydrogen) atoms. The second-order valence-corrected chi connectivity index (χ2v) is 9.91. The summed E-state index contributed by atoms with van der Waals surface area (Å²) in [6.45, 7) is 2.06. The van der Waals surface area contributed by atoms with Crippen LogP contribution in [-0.4, -0.2) is 64.9 Å². The van der Waals surface area contributed by atoms with Crippen molar-refractivity contribution in [2.75, 3.05) is 33.0 Å². The van der Waals surface area contributed by atoms with Crippen molar-refractivity contribution in [2.45, 2.75) is 19.3 Å². The summed E-state index contributed by atoms with van der Waals surface area (Å²) in [5, 5.41) is 0.829. The summed E-state index contributed by atoms with van der Waals surface area (Å²) >= 11 is 6.52. The Morgan fingerprint density at radius 3 is 2.42 bits per heavy atom. The van der Waals surface area contributed by atoms with Crippen molar-refractivity contribution in [3.63, 3.8) is 0 Å². The molecule has 0 unspecified atom stereocenters. The van der Waals surface area contributed by atoms with Crippen LogP contribution >= 0.6 is 11.6 Å². The second-order valence-electron chi connectivity index (χ2n) is 9.50. The van der Waals surface area contributed by atoms with E-state index in [4.69, 9.17) is 16.3 Å². The molecular weight excluding hydrogens is 485 g/mol. The van der Waals surface area contributed by atoms with Crippen molar-refractivity contribution in [1.82, 2.24) is 14.4 Å². The molecule has 0 saturated carbocycles. The number of carbonyl (C=O) groups excluding carboxylic acids is 3. The van der Waals surface area contributed by atoms with Crippen LogP contribution in [0, 0.1) is 11.7 Å². The first-order valence-electron chi connectivity index (χ1n) is 12.1. The van der Waals surface area contributed by atoms with Gasteiger partial charge in [0.2, 0.25) is 0 Å². The largest absolute Gasteiger partial charge is 0.359 e. The minimum atomic E-state index is -0.631. The molecule has 0 atom stereocenters. The Morgan fingerprint density at radius 1 is 1.03 bits per heavy atom. The van der Waals surface area contributed by atoms with Crippen LogP contribution in [0.3, 0.4) is 0 Å². The van der Waals surface area contributed by atoms with Gasteiger partial charge in [0.05, 0.1) is 28.3 Å². The average molecular weight is 512 g/mol. The fraction of sp³-hybridized carbons (Fsp3) is 0.370.